The minimum Gasteiger partial charge on any atom is -0.399 e. The molecule has 0 fully saturated rings. The maximum absolute atomic E-state index is 12.4. The Kier molecular flexibility index (Phi) is 3.15. The van der Waals surface area contributed by atoms with Gasteiger partial charge in [-0.3, -0.25) is 0 Å². The summed E-state index contributed by atoms with van der Waals surface area (Å²) in [6.07, 6.45) is -3.21. The first kappa shape index (κ1) is 12.1. The van der Waals surface area contributed by atoms with Gasteiger partial charge in [0.15, 0.2) is 0 Å². The summed E-state index contributed by atoms with van der Waals surface area (Å²) in [5.41, 5.74) is 3.63. The molecule has 1 aliphatic rings. The van der Waals surface area contributed by atoms with Crippen LogP contribution in [-0.2, 0) is 10.3 Å². The Bertz CT molecular complexity index is 467. The molecule has 8 heteroatoms. The van der Waals surface area contributed by atoms with Gasteiger partial charge in [0.25, 0.3) is 0 Å². The number of hydrogen-bond donors (Lipinski definition) is 1. The summed E-state index contributed by atoms with van der Waals surface area (Å²) in [5.74, 6) is 0. The van der Waals surface area contributed by atoms with E-state index in [4.69, 9.17) is 17.3 Å². The average molecular weight is 260 g/mol. The van der Waals surface area contributed by atoms with Gasteiger partial charge in [-0.15, -0.1) is 11.6 Å². The van der Waals surface area contributed by atoms with Crippen LogP contribution in [0.25, 0.3) is 0 Å². The van der Waals surface area contributed by atoms with E-state index in [-0.39, 0.29) is 5.70 Å². The third kappa shape index (κ3) is 2.54. The summed E-state index contributed by atoms with van der Waals surface area (Å²) in [4.78, 5) is -0.904. The predicted molar refractivity (Wildman–Crippen MR) is 50.0 cm³/mol. The summed E-state index contributed by atoms with van der Waals surface area (Å²) < 4.78 is 58.4. The van der Waals surface area contributed by atoms with Gasteiger partial charge in [-0.2, -0.15) is 21.6 Å². The summed E-state index contributed by atoms with van der Waals surface area (Å²) in [5, 5.41) is -1.38. The van der Waals surface area contributed by atoms with Crippen molar-refractivity contribution in [1.82, 2.24) is 0 Å². The SMILES string of the molecule is NC1=C[C@@H](Cl)C(=S(=O)=O)C(C(F)(F)F)=C1. The van der Waals surface area contributed by atoms with Crippen molar-refractivity contribution in [2.45, 2.75) is 11.6 Å². The number of halogens is 4. The fourth-order valence-corrected chi connectivity index (χ4v) is 2.17. The van der Waals surface area contributed by atoms with Gasteiger partial charge in [-0.1, -0.05) is 0 Å². The monoisotopic (exact) mass is 259 g/mol. The highest BCUT2D eigenvalue weighted by Crippen LogP contribution is 2.31. The van der Waals surface area contributed by atoms with Crippen LogP contribution in [0.5, 0.6) is 0 Å². The normalized spacial score (nSPS) is 22.1. The zero-order valence-electron chi connectivity index (χ0n) is 7.05. The molecule has 84 valence electrons. The first-order chi connectivity index (χ1) is 6.73. The van der Waals surface area contributed by atoms with Crippen LogP contribution in [0.4, 0.5) is 13.2 Å². The smallest absolute Gasteiger partial charge is 0.399 e. The minimum absolute atomic E-state index is 0.212. The second-order valence-corrected chi connectivity index (χ2v) is 4.10. The van der Waals surface area contributed by atoms with Crippen molar-refractivity contribution in [3.8, 4) is 0 Å². The number of nitrogens with two attached hydrogens (primary N) is 1. The lowest BCUT2D eigenvalue weighted by Gasteiger charge is -2.18. The third-order valence-corrected chi connectivity index (χ3v) is 2.96. The molecule has 1 atom stereocenters. The molecule has 0 saturated heterocycles. The molecule has 0 saturated carbocycles. The van der Waals surface area contributed by atoms with Gasteiger partial charge in [-0.25, -0.2) is 0 Å². The first-order valence-electron chi connectivity index (χ1n) is 3.60. The van der Waals surface area contributed by atoms with Gasteiger partial charge >= 0.3 is 6.18 Å². The van der Waals surface area contributed by atoms with Crippen LogP contribution in [0.1, 0.15) is 0 Å². The van der Waals surface area contributed by atoms with Crippen molar-refractivity contribution in [2.24, 2.45) is 5.73 Å². The van der Waals surface area contributed by atoms with Crippen LogP contribution in [0, 0.1) is 0 Å². The fourth-order valence-electron chi connectivity index (χ4n) is 1.08. The number of alkyl halides is 4. The standard InChI is InChI=1S/C7H5ClF3NO2S/c8-5-2-3(12)1-4(7(9,10)11)6(5)15(13)14/h1-2,5H,12H2/t5-/m1/s1. The van der Waals surface area contributed by atoms with Gasteiger partial charge in [0.2, 0.25) is 10.3 Å². The van der Waals surface area contributed by atoms with Crippen molar-refractivity contribution in [2.75, 3.05) is 0 Å². The molecule has 0 unspecified atom stereocenters. The third-order valence-electron chi connectivity index (χ3n) is 1.65. The van der Waals surface area contributed by atoms with E-state index < -0.39 is 32.3 Å². The zero-order chi connectivity index (χ0) is 11.8. The number of allylic oxidation sites excluding steroid dienone is 3. The highest BCUT2D eigenvalue weighted by atomic mass is 35.5. The fraction of sp³-hybridized carbons (Fsp3) is 0.286. The van der Waals surface area contributed by atoms with E-state index in [9.17, 15) is 21.6 Å². The lowest BCUT2D eigenvalue weighted by atomic mass is 10.0. The highest BCUT2D eigenvalue weighted by Gasteiger charge is 2.41. The Morgan fingerprint density at radius 3 is 2.33 bits per heavy atom. The van der Waals surface area contributed by atoms with Crippen LogP contribution >= 0.6 is 11.6 Å². The van der Waals surface area contributed by atoms with Gasteiger partial charge in [0.05, 0.1) is 11.0 Å². The van der Waals surface area contributed by atoms with Crippen molar-refractivity contribution in [3.63, 3.8) is 0 Å². The molecule has 0 spiro atoms. The molecule has 1 aliphatic carbocycles. The molecule has 15 heavy (non-hydrogen) atoms. The van der Waals surface area contributed by atoms with Crippen LogP contribution in [-0.4, -0.2) is 24.8 Å². The number of hydrogen-bond acceptors (Lipinski definition) is 3. The molecule has 0 bridgehead atoms. The van der Waals surface area contributed by atoms with Gasteiger partial charge < -0.3 is 5.73 Å². The topological polar surface area (TPSA) is 60.2 Å². The Morgan fingerprint density at radius 1 is 1.40 bits per heavy atom. The van der Waals surface area contributed by atoms with E-state index in [2.05, 4.69) is 0 Å². The Balaban J connectivity index is 3.45. The lowest BCUT2D eigenvalue weighted by molar-refractivity contribution is -0.0861. The summed E-state index contributed by atoms with van der Waals surface area (Å²) >= 11 is 5.45. The zero-order valence-corrected chi connectivity index (χ0v) is 8.62. The van der Waals surface area contributed by atoms with Crippen LogP contribution in [0.2, 0.25) is 0 Å². The van der Waals surface area contributed by atoms with Crippen LogP contribution in [0.15, 0.2) is 23.4 Å². The van der Waals surface area contributed by atoms with E-state index in [1.807, 2.05) is 0 Å². The molecule has 1 rings (SSSR count). The van der Waals surface area contributed by atoms with Gasteiger partial charge in [0.1, 0.15) is 4.86 Å². The molecule has 0 radical (unpaired) electrons. The minimum atomic E-state index is -4.79. The molecule has 0 amide bonds. The molecule has 2 N–H and O–H groups in total. The quantitative estimate of drug-likeness (QED) is 0.521. The summed E-state index contributed by atoms with van der Waals surface area (Å²) in [7, 11) is -3.03. The van der Waals surface area contributed by atoms with E-state index in [1.54, 1.807) is 0 Å². The molecule has 0 aromatic carbocycles. The van der Waals surface area contributed by atoms with Crippen molar-refractivity contribution < 1.29 is 21.6 Å². The maximum Gasteiger partial charge on any atom is 0.417 e. The van der Waals surface area contributed by atoms with E-state index in [0.29, 0.717) is 6.08 Å². The Labute approximate surface area is 89.5 Å². The molecule has 0 aliphatic heterocycles. The predicted octanol–water partition coefficient (Wildman–Crippen LogP) is 0.990. The first-order valence-corrected chi connectivity index (χ1v) is 5.11. The van der Waals surface area contributed by atoms with Crippen LogP contribution in [0.3, 0.4) is 0 Å². The van der Waals surface area contributed by atoms with Gasteiger partial charge in [-0.05, 0) is 12.2 Å². The van der Waals surface area contributed by atoms with Crippen molar-refractivity contribution in [1.29, 1.82) is 0 Å². The van der Waals surface area contributed by atoms with E-state index >= 15 is 0 Å². The average Bonchev–Trinajstić information content (AvgIpc) is 1.99. The largest absolute Gasteiger partial charge is 0.417 e. The molecular weight excluding hydrogens is 255 g/mol. The molecular formula is C7H5ClF3NO2S. The second kappa shape index (κ2) is 3.90. The highest BCUT2D eigenvalue weighted by molar-refractivity contribution is 7.73. The van der Waals surface area contributed by atoms with E-state index in [1.165, 1.54) is 0 Å². The summed E-state index contributed by atoms with van der Waals surface area (Å²) in [6.45, 7) is 0. The Morgan fingerprint density at radius 2 is 1.93 bits per heavy atom. The van der Waals surface area contributed by atoms with E-state index in [0.717, 1.165) is 6.08 Å². The number of rotatable bonds is 0. The maximum atomic E-state index is 12.4. The molecule has 3 nitrogen and oxygen atoms in total. The lowest BCUT2D eigenvalue weighted by Crippen LogP contribution is -2.30. The Hall–Kier alpha value is -0.950. The van der Waals surface area contributed by atoms with Crippen molar-refractivity contribution in [3.05, 3.63) is 23.4 Å². The molecule has 0 aromatic heterocycles. The molecule has 0 heterocycles. The van der Waals surface area contributed by atoms with Gasteiger partial charge in [0, 0.05) is 5.70 Å². The molecule has 0 aromatic rings. The second-order valence-electron chi connectivity index (χ2n) is 2.72. The van der Waals surface area contributed by atoms with Crippen LogP contribution < -0.4 is 5.73 Å². The summed E-state index contributed by atoms with van der Waals surface area (Å²) in [6, 6.07) is 0. The van der Waals surface area contributed by atoms with Crippen molar-refractivity contribution >= 4 is 26.8 Å².